The average Bonchev–Trinajstić information content (AvgIpc) is 3.29. The number of amides is 2. The van der Waals surface area contributed by atoms with E-state index in [1.165, 1.54) is 28.8 Å². The van der Waals surface area contributed by atoms with Gasteiger partial charge in [0.1, 0.15) is 18.2 Å². The van der Waals surface area contributed by atoms with Crippen molar-refractivity contribution in [2.45, 2.75) is 18.6 Å². The Morgan fingerprint density at radius 1 is 1.10 bits per heavy atom. The molecular formula is C31H30ClFN4O3S. The number of hydrogen-bond donors (Lipinski definition) is 1. The van der Waals surface area contributed by atoms with Gasteiger partial charge in [-0.15, -0.1) is 11.8 Å². The van der Waals surface area contributed by atoms with Gasteiger partial charge in [-0.3, -0.25) is 14.5 Å². The van der Waals surface area contributed by atoms with Gasteiger partial charge in [-0.25, -0.2) is 9.07 Å². The third-order valence-corrected chi connectivity index (χ3v) is 8.31. The largest absolute Gasteiger partial charge is 0.385 e. The summed E-state index contributed by atoms with van der Waals surface area (Å²) in [5, 5.41) is 8.18. The first-order chi connectivity index (χ1) is 19.9. The van der Waals surface area contributed by atoms with Gasteiger partial charge in [-0.05, 0) is 55.3 Å². The third kappa shape index (κ3) is 6.48. The van der Waals surface area contributed by atoms with Crippen molar-refractivity contribution in [1.29, 1.82) is 0 Å². The van der Waals surface area contributed by atoms with Crippen LogP contribution in [0.15, 0.2) is 72.8 Å². The number of thioether (sulfide) groups is 1. The van der Waals surface area contributed by atoms with E-state index in [0.29, 0.717) is 36.1 Å². The lowest BCUT2D eigenvalue weighted by Crippen LogP contribution is -2.42. The maximum Gasteiger partial charge on any atom is 0.240 e. The molecule has 0 bridgehead atoms. The molecule has 0 saturated carbocycles. The van der Waals surface area contributed by atoms with Gasteiger partial charge in [0, 0.05) is 36.4 Å². The van der Waals surface area contributed by atoms with Gasteiger partial charge < -0.3 is 10.1 Å². The molecule has 2 amide bonds. The fraction of sp³-hybridized carbons (Fsp3) is 0.258. The number of aryl methyl sites for hydroxylation is 1. The first-order valence-corrected chi connectivity index (χ1v) is 14.7. The molecular weight excluding hydrogens is 563 g/mol. The number of benzene rings is 3. The first-order valence-electron chi connectivity index (χ1n) is 13.2. The Balaban J connectivity index is 1.71. The summed E-state index contributed by atoms with van der Waals surface area (Å²) in [6.07, 6.45) is 0.659. The molecule has 212 valence electrons. The zero-order valence-corrected chi connectivity index (χ0v) is 24.3. The molecule has 2 heterocycles. The van der Waals surface area contributed by atoms with Crippen LogP contribution in [0.25, 0.3) is 16.9 Å². The van der Waals surface area contributed by atoms with Gasteiger partial charge in [0.25, 0.3) is 0 Å². The number of halogens is 2. The summed E-state index contributed by atoms with van der Waals surface area (Å²) >= 11 is 7.65. The molecule has 1 aromatic heterocycles. The van der Waals surface area contributed by atoms with Crippen molar-refractivity contribution in [1.82, 2.24) is 15.1 Å². The van der Waals surface area contributed by atoms with Crippen molar-refractivity contribution in [3.63, 3.8) is 0 Å². The molecule has 0 aliphatic carbocycles. The van der Waals surface area contributed by atoms with Crippen LogP contribution in [-0.2, 0) is 14.3 Å². The lowest BCUT2D eigenvalue weighted by molar-refractivity contribution is -0.122. The monoisotopic (exact) mass is 592 g/mol. The second-order valence-corrected chi connectivity index (χ2v) is 11.3. The number of anilines is 1. The fourth-order valence-electron chi connectivity index (χ4n) is 4.75. The number of rotatable bonds is 9. The average molecular weight is 593 g/mol. The maximum absolute atomic E-state index is 13.9. The molecule has 0 fully saturated rings. The summed E-state index contributed by atoms with van der Waals surface area (Å²) in [6, 6.07) is 21.5. The topological polar surface area (TPSA) is 76.5 Å². The quantitative estimate of drug-likeness (QED) is 0.243. The standard InChI is InChI=1S/C31H30ClFN4O3S/c1-20-4-14-25(15-5-20)37-31-28(29(35-37)21-6-10-23(32)11-7-21)30(22-8-12-24(33)13-9-22)41-19-27(39)36(31)18-26(38)34-16-3-17-40-2/h4-15,30H,3,16-19H2,1-2H3,(H,34,38). The Morgan fingerprint density at radius 3 is 2.49 bits per heavy atom. The van der Waals surface area contributed by atoms with Crippen molar-refractivity contribution in [3.05, 3.63) is 100 Å². The van der Waals surface area contributed by atoms with Crippen LogP contribution >= 0.6 is 23.4 Å². The molecule has 7 nitrogen and oxygen atoms in total. The summed E-state index contributed by atoms with van der Waals surface area (Å²) in [6.45, 7) is 2.78. The van der Waals surface area contributed by atoms with Crippen LogP contribution in [0.1, 0.15) is 28.4 Å². The number of fused-ring (bicyclic) bond motifs is 1. The van der Waals surface area contributed by atoms with Crippen molar-refractivity contribution >= 4 is 41.0 Å². The van der Waals surface area contributed by atoms with E-state index in [4.69, 9.17) is 21.4 Å². The molecule has 10 heteroatoms. The number of carbonyl (C=O) groups is 2. The highest BCUT2D eigenvalue weighted by Gasteiger charge is 2.37. The molecule has 0 spiro atoms. The molecule has 0 saturated heterocycles. The van der Waals surface area contributed by atoms with E-state index in [1.807, 2.05) is 43.3 Å². The number of nitrogens with one attached hydrogen (secondary N) is 1. The summed E-state index contributed by atoms with van der Waals surface area (Å²) in [5.41, 5.74) is 4.88. The van der Waals surface area contributed by atoms with Crippen LogP contribution in [0.3, 0.4) is 0 Å². The minimum atomic E-state index is -0.353. The van der Waals surface area contributed by atoms with Crippen LogP contribution in [0, 0.1) is 12.7 Å². The van der Waals surface area contributed by atoms with Crippen LogP contribution in [-0.4, -0.2) is 54.2 Å². The SMILES string of the molecule is COCCCNC(=O)CN1C(=O)CSC(c2ccc(F)cc2)c2c(-c3ccc(Cl)cc3)nn(-c3ccc(C)cc3)c21. The summed E-state index contributed by atoms with van der Waals surface area (Å²) in [4.78, 5) is 28.4. The van der Waals surface area contributed by atoms with Gasteiger partial charge >= 0.3 is 0 Å². The van der Waals surface area contributed by atoms with Crippen LogP contribution in [0.4, 0.5) is 10.2 Å². The first kappa shape index (κ1) is 28.9. The number of hydrogen-bond acceptors (Lipinski definition) is 5. The predicted octanol–water partition coefficient (Wildman–Crippen LogP) is 5.96. The molecule has 0 radical (unpaired) electrons. The normalized spacial score (nSPS) is 15.0. The summed E-state index contributed by atoms with van der Waals surface area (Å²) in [7, 11) is 1.61. The number of nitrogens with zero attached hydrogens (tertiary/aromatic N) is 3. The number of aromatic nitrogens is 2. The van der Waals surface area contributed by atoms with Gasteiger partial charge in [0.2, 0.25) is 11.8 Å². The second kappa shape index (κ2) is 12.9. The maximum atomic E-state index is 13.9. The van der Waals surface area contributed by atoms with E-state index in [1.54, 1.807) is 36.1 Å². The number of carbonyl (C=O) groups excluding carboxylic acids is 2. The molecule has 1 unspecified atom stereocenters. The van der Waals surface area contributed by atoms with Gasteiger partial charge in [0.15, 0.2) is 0 Å². The second-order valence-electron chi connectivity index (χ2n) is 9.76. The van der Waals surface area contributed by atoms with Crippen LogP contribution < -0.4 is 10.2 Å². The van der Waals surface area contributed by atoms with Gasteiger partial charge in [-0.1, -0.05) is 53.6 Å². The third-order valence-electron chi connectivity index (χ3n) is 6.81. The van der Waals surface area contributed by atoms with Crippen molar-refractivity contribution < 1.29 is 18.7 Å². The highest BCUT2D eigenvalue weighted by atomic mass is 35.5. The van der Waals surface area contributed by atoms with Crippen LogP contribution in [0.5, 0.6) is 0 Å². The van der Waals surface area contributed by atoms with Crippen molar-refractivity contribution in [2.75, 3.05) is 37.5 Å². The molecule has 1 atom stereocenters. The molecule has 3 aromatic carbocycles. The van der Waals surface area contributed by atoms with Crippen molar-refractivity contribution in [3.8, 4) is 16.9 Å². The van der Waals surface area contributed by atoms with Crippen molar-refractivity contribution in [2.24, 2.45) is 0 Å². The van der Waals surface area contributed by atoms with Crippen LogP contribution in [0.2, 0.25) is 5.02 Å². The minimum Gasteiger partial charge on any atom is -0.385 e. The zero-order chi connectivity index (χ0) is 28.9. The highest BCUT2D eigenvalue weighted by Crippen LogP contribution is 2.48. The summed E-state index contributed by atoms with van der Waals surface area (Å²) in [5.74, 6) is -0.209. The highest BCUT2D eigenvalue weighted by molar-refractivity contribution is 8.00. The van der Waals surface area contributed by atoms with E-state index in [9.17, 15) is 14.0 Å². The predicted molar refractivity (Wildman–Crippen MR) is 161 cm³/mol. The Kier molecular flexibility index (Phi) is 9.07. The molecule has 41 heavy (non-hydrogen) atoms. The molecule has 1 aliphatic heterocycles. The Bertz CT molecular complexity index is 1520. The van der Waals surface area contributed by atoms with E-state index in [-0.39, 0.29) is 35.2 Å². The lowest BCUT2D eigenvalue weighted by Gasteiger charge is -2.23. The van der Waals surface area contributed by atoms with E-state index in [2.05, 4.69) is 5.32 Å². The Morgan fingerprint density at radius 2 is 1.80 bits per heavy atom. The van der Waals surface area contributed by atoms with Gasteiger partial charge in [0.05, 0.1) is 22.4 Å². The fourth-order valence-corrected chi connectivity index (χ4v) is 6.08. The minimum absolute atomic E-state index is 0.127. The van der Waals surface area contributed by atoms with Gasteiger partial charge in [-0.2, -0.15) is 5.10 Å². The molecule has 5 rings (SSSR count). The molecule has 1 aliphatic rings. The number of ether oxygens (including phenoxy) is 1. The lowest BCUT2D eigenvalue weighted by atomic mass is 9.99. The molecule has 1 N–H and O–H groups in total. The Labute approximate surface area is 247 Å². The van der Waals surface area contributed by atoms with E-state index in [0.717, 1.165) is 27.9 Å². The summed E-state index contributed by atoms with van der Waals surface area (Å²) < 4.78 is 20.7. The zero-order valence-electron chi connectivity index (χ0n) is 22.8. The number of methoxy groups -OCH3 is 1. The van der Waals surface area contributed by atoms with E-state index < -0.39 is 0 Å². The molecule has 4 aromatic rings. The Hall–Kier alpha value is -3.66. The van der Waals surface area contributed by atoms with E-state index >= 15 is 0 Å². The smallest absolute Gasteiger partial charge is 0.240 e.